The van der Waals surface area contributed by atoms with Crippen LogP contribution < -0.4 is 11.4 Å². The maximum Gasteiger partial charge on any atom is 0.348 e. The third-order valence-electron chi connectivity index (χ3n) is 2.87. The molecule has 0 saturated carbocycles. The molecule has 0 saturated heterocycles. The predicted molar refractivity (Wildman–Crippen MR) is 81.8 cm³/mol. The number of nitrogens with two attached hydrogens (primary N) is 1. The van der Waals surface area contributed by atoms with Crippen LogP contribution in [0.4, 0.5) is 5.69 Å². The fourth-order valence-corrected chi connectivity index (χ4v) is 3.93. The van der Waals surface area contributed by atoms with Crippen molar-refractivity contribution in [2.45, 2.75) is 9.37 Å². The summed E-state index contributed by atoms with van der Waals surface area (Å²) in [4.78, 5) is 20.1. The van der Waals surface area contributed by atoms with Gasteiger partial charge in [0.15, 0.2) is 9.99 Å². The topological polar surface area (TPSA) is 102 Å². The molecule has 0 unspecified atom stereocenters. The van der Waals surface area contributed by atoms with E-state index in [4.69, 9.17) is 5.73 Å². The van der Waals surface area contributed by atoms with Gasteiger partial charge in [0.2, 0.25) is 0 Å². The van der Waals surface area contributed by atoms with Crippen LogP contribution in [0.2, 0.25) is 0 Å². The zero-order chi connectivity index (χ0) is 14.4. The Morgan fingerprint density at radius 2 is 2.24 bits per heavy atom. The molecule has 7 nitrogen and oxygen atoms in total. The minimum atomic E-state index is -0.301. The number of fused-ring (bicyclic) bond motifs is 2. The molecule has 0 spiro atoms. The predicted octanol–water partition coefficient (Wildman–Crippen LogP) is 1.76. The molecule has 3 heterocycles. The Bertz CT molecular complexity index is 1020. The normalized spacial score (nSPS) is 11.4. The van der Waals surface area contributed by atoms with Crippen LogP contribution in [-0.4, -0.2) is 24.6 Å². The lowest BCUT2D eigenvalue weighted by Crippen LogP contribution is -2.09. The summed E-state index contributed by atoms with van der Waals surface area (Å²) in [5, 5.41) is 7.02. The third kappa shape index (κ3) is 2.16. The summed E-state index contributed by atoms with van der Waals surface area (Å²) >= 11 is 2.98. The first kappa shape index (κ1) is 12.4. The van der Waals surface area contributed by atoms with Gasteiger partial charge in [0.1, 0.15) is 11.4 Å². The molecule has 0 amide bonds. The Balaban J connectivity index is 1.73. The Morgan fingerprint density at radius 1 is 1.33 bits per heavy atom. The first-order chi connectivity index (χ1) is 10.2. The zero-order valence-electron chi connectivity index (χ0n) is 10.5. The van der Waals surface area contributed by atoms with Crippen molar-refractivity contribution < 1.29 is 0 Å². The molecule has 104 valence electrons. The first-order valence-corrected chi connectivity index (χ1v) is 7.59. The van der Waals surface area contributed by atoms with Gasteiger partial charge in [-0.25, -0.2) is 24.3 Å². The SMILES string of the molecule is Nc1ccc2nc(Sc3cc4n[nH]c(=O)n4cn3)sc2c1. The molecule has 0 atom stereocenters. The van der Waals surface area contributed by atoms with E-state index in [0.29, 0.717) is 5.65 Å². The highest BCUT2D eigenvalue weighted by atomic mass is 32.2. The van der Waals surface area contributed by atoms with E-state index in [2.05, 4.69) is 20.2 Å². The fraction of sp³-hybridized carbons (Fsp3) is 0. The number of aromatic amines is 1. The molecule has 4 aromatic rings. The zero-order valence-corrected chi connectivity index (χ0v) is 12.1. The monoisotopic (exact) mass is 316 g/mol. The molecule has 9 heteroatoms. The number of hydrogen-bond acceptors (Lipinski definition) is 7. The van der Waals surface area contributed by atoms with Gasteiger partial charge in [0.05, 0.1) is 10.2 Å². The average Bonchev–Trinajstić information content (AvgIpc) is 3.02. The molecule has 4 rings (SSSR count). The van der Waals surface area contributed by atoms with Crippen LogP contribution in [0.25, 0.3) is 15.9 Å². The number of anilines is 1. The molecule has 0 aliphatic carbocycles. The van der Waals surface area contributed by atoms with Crippen molar-refractivity contribution >= 4 is 44.6 Å². The van der Waals surface area contributed by atoms with Crippen LogP contribution in [0.15, 0.2) is 44.8 Å². The van der Waals surface area contributed by atoms with Crippen molar-refractivity contribution in [1.29, 1.82) is 0 Å². The Hall–Kier alpha value is -2.39. The average molecular weight is 316 g/mol. The molecule has 0 fully saturated rings. The van der Waals surface area contributed by atoms with E-state index in [1.165, 1.54) is 22.5 Å². The summed E-state index contributed by atoms with van der Waals surface area (Å²) in [6.45, 7) is 0. The number of benzene rings is 1. The van der Waals surface area contributed by atoms with Gasteiger partial charge in [-0.3, -0.25) is 0 Å². The second-order valence-corrected chi connectivity index (χ2v) is 6.59. The molecule has 0 aliphatic rings. The molecular weight excluding hydrogens is 308 g/mol. The molecule has 0 aliphatic heterocycles. The maximum absolute atomic E-state index is 11.4. The van der Waals surface area contributed by atoms with E-state index in [0.717, 1.165) is 25.3 Å². The van der Waals surface area contributed by atoms with Crippen molar-refractivity contribution in [3.8, 4) is 0 Å². The highest BCUT2D eigenvalue weighted by molar-refractivity contribution is 8.01. The van der Waals surface area contributed by atoms with Crippen LogP contribution in [0.1, 0.15) is 0 Å². The number of thiazole rings is 1. The summed E-state index contributed by atoms with van der Waals surface area (Å²) in [5.41, 5.74) is 7.63. The van der Waals surface area contributed by atoms with Gasteiger partial charge in [-0.2, -0.15) is 5.10 Å². The number of H-pyrrole nitrogens is 1. The van der Waals surface area contributed by atoms with E-state index in [1.54, 1.807) is 17.4 Å². The van der Waals surface area contributed by atoms with Gasteiger partial charge < -0.3 is 5.73 Å². The largest absolute Gasteiger partial charge is 0.399 e. The lowest BCUT2D eigenvalue weighted by Gasteiger charge is -1.96. The molecule has 0 radical (unpaired) electrons. The number of nitrogens with zero attached hydrogens (tertiary/aromatic N) is 4. The van der Waals surface area contributed by atoms with E-state index >= 15 is 0 Å². The second-order valence-electron chi connectivity index (χ2n) is 4.29. The highest BCUT2D eigenvalue weighted by Gasteiger charge is 2.09. The number of hydrogen-bond donors (Lipinski definition) is 2. The third-order valence-corrected chi connectivity index (χ3v) is 4.88. The van der Waals surface area contributed by atoms with E-state index in [9.17, 15) is 4.79 Å². The molecular formula is C12H8N6OS2. The van der Waals surface area contributed by atoms with Crippen LogP contribution >= 0.6 is 23.1 Å². The highest BCUT2D eigenvalue weighted by Crippen LogP contribution is 2.34. The lowest BCUT2D eigenvalue weighted by atomic mass is 10.3. The number of rotatable bonds is 2. The quantitative estimate of drug-likeness (QED) is 0.431. The van der Waals surface area contributed by atoms with Crippen molar-refractivity contribution in [2.75, 3.05) is 5.73 Å². The van der Waals surface area contributed by atoms with E-state index < -0.39 is 0 Å². The summed E-state index contributed by atoms with van der Waals surface area (Å²) in [7, 11) is 0. The van der Waals surface area contributed by atoms with Crippen molar-refractivity contribution in [3.63, 3.8) is 0 Å². The van der Waals surface area contributed by atoms with Gasteiger partial charge >= 0.3 is 5.69 Å². The number of nitrogen functional groups attached to an aromatic ring is 1. The van der Waals surface area contributed by atoms with E-state index in [-0.39, 0.29) is 5.69 Å². The van der Waals surface area contributed by atoms with Gasteiger partial charge in [-0.1, -0.05) is 0 Å². The van der Waals surface area contributed by atoms with Crippen molar-refractivity contribution in [2.24, 2.45) is 0 Å². The van der Waals surface area contributed by atoms with Crippen LogP contribution in [-0.2, 0) is 0 Å². The van der Waals surface area contributed by atoms with Gasteiger partial charge in [-0.05, 0) is 30.0 Å². The molecule has 3 aromatic heterocycles. The first-order valence-electron chi connectivity index (χ1n) is 5.96. The summed E-state index contributed by atoms with van der Waals surface area (Å²) < 4.78 is 3.25. The Labute approximate surface area is 125 Å². The summed E-state index contributed by atoms with van der Waals surface area (Å²) in [5.74, 6) is 0. The van der Waals surface area contributed by atoms with Crippen LogP contribution in [0, 0.1) is 0 Å². The number of aromatic nitrogens is 5. The van der Waals surface area contributed by atoms with Crippen molar-refractivity contribution in [3.05, 3.63) is 41.1 Å². The van der Waals surface area contributed by atoms with Crippen LogP contribution in [0.3, 0.4) is 0 Å². The summed E-state index contributed by atoms with van der Waals surface area (Å²) in [6, 6.07) is 7.37. The van der Waals surface area contributed by atoms with E-state index in [1.807, 2.05) is 18.2 Å². The van der Waals surface area contributed by atoms with Gasteiger partial charge in [0, 0.05) is 11.8 Å². The fourth-order valence-electron chi connectivity index (χ4n) is 1.90. The smallest absolute Gasteiger partial charge is 0.348 e. The lowest BCUT2D eigenvalue weighted by molar-refractivity contribution is 0.963. The number of nitrogens with one attached hydrogen (secondary N) is 1. The van der Waals surface area contributed by atoms with Gasteiger partial charge in [-0.15, -0.1) is 11.3 Å². The standard InChI is InChI=1S/C12H8N6OS2/c13-6-1-2-7-8(3-6)20-12(15-7)21-10-4-9-16-17-11(19)18(9)5-14-10/h1-5H,13H2,(H,17,19). The molecule has 1 aromatic carbocycles. The van der Waals surface area contributed by atoms with Crippen molar-refractivity contribution in [1.82, 2.24) is 24.6 Å². The second kappa shape index (κ2) is 4.57. The minimum absolute atomic E-state index is 0.301. The molecule has 21 heavy (non-hydrogen) atoms. The van der Waals surface area contributed by atoms with Gasteiger partial charge in [0.25, 0.3) is 0 Å². The van der Waals surface area contributed by atoms with Crippen LogP contribution in [0.5, 0.6) is 0 Å². The molecule has 3 N–H and O–H groups in total. The summed E-state index contributed by atoms with van der Waals surface area (Å²) in [6.07, 6.45) is 1.45. The molecule has 0 bridgehead atoms. The minimum Gasteiger partial charge on any atom is -0.399 e. The maximum atomic E-state index is 11.4. The Kier molecular flexibility index (Phi) is 2.69. The Morgan fingerprint density at radius 3 is 3.14 bits per heavy atom.